The zero-order chi connectivity index (χ0) is 33.0. The van der Waals surface area contributed by atoms with Crippen LogP contribution in [0.3, 0.4) is 0 Å². The number of fused-ring (bicyclic) bond motifs is 6. The van der Waals surface area contributed by atoms with Crippen molar-refractivity contribution in [3.8, 4) is 45.3 Å². The summed E-state index contributed by atoms with van der Waals surface area (Å²) in [5.74, 6) is 1.51. The van der Waals surface area contributed by atoms with E-state index in [4.69, 9.17) is 15.0 Å². The predicted molar refractivity (Wildman–Crippen MR) is 205 cm³/mol. The SMILES string of the molecule is c1ccc(-c2cc(-n3c4ccccc4c4cccc(-c5ccc6c(c5)c5cccnc5n6-c5ccccc5)c43)nc(-c3ccccc3)n2)cc1. The smallest absolute Gasteiger partial charge is 0.162 e. The molecule has 10 rings (SSSR count). The summed E-state index contributed by atoms with van der Waals surface area (Å²) in [6, 6.07) is 59.4. The van der Waals surface area contributed by atoms with Gasteiger partial charge in [-0.25, -0.2) is 15.0 Å². The molecule has 0 unspecified atom stereocenters. The topological polar surface area (TPSA) is 48.5 Å². The van der Waals surface area contributed by atoms with Crippen LogP contribution in [-0.4, -0.2) is 24.1 Å². The predicted octanol–water partition coefficient (Wildman–Crippen LogP) is 11.1. The van der Waals surface area contributed by atoms with Crippen LogP contribution in [0, 0.1) is 0 Å². The van der Waals surface area contributed by atoms with Crippen molar-refractivity contribution >= 4 is 43.7 Å². The van der Waals surface area contributed by atoms with Crippen molar-refractivity contribution in [3.63, 3.8) is 0 Å². The lowest BCUT2D eigenvalue weighted by Crippen LogP contribution is -2.03. The molecule has 0 fully saturated rings. The monoisotopic (exact) mass is 639 g/mol. The lowest BCUT2D eigenvalue weighted by Gasteiger charge is -2.14. The maximum Gasteiger partial charge on any atom is 0.162 e. The molecule has 0 aliphatic heterocycles. The molecule has 50 heavy (non-hydrogen) atoms. The summed E-state index contributed by atoms with van der Waals surface area (Å²) in [5, 5.41) is 4.63. The molecule has 0 bridgehead atoms. The van der Waals surface area contributed by atoms with Crippen molar-refractivity contribution in [1.29, 1.82) is 0 Å². The van der Waals surface area contributed by atoms with Gasteiger partial charge in [0.1, 0.15) is 11.5 Å². The maximum absolute atomic E-state index is 5.27. The molecule has 0 aliphatic carbocycles. The summed E-state index contributed by atoms with van der Waals surface area (Å²) in [6.07, 6.45) is 1.87. The van der Waals surface area contributed by atoms with Crippen LogP contribution in [0.1, 0.15) is 0 Å². The molecule has 0 saturated heterocycles. The highest BCUT2D eigenvalue weighted by Gasteiger charge is 2.20. The molecule has 234 valence electrons. The largest absolute Gasteiger partial charge is 0.294 e. The third kappa shape index (κ3) is 4.45. The van der Waals surface area contributed by atoms with Gasteiger partial charge in [0.2, 0.25) is 0 Å². The number of aromatic nitrogens is 5. The molecule has 4 heterocycles. The standard InChI is InChI=1S/C45H29N5/c1-4-14-30(15-5-1)39-29-42(48-44(47-39)31-16-6-2-7-17-31)50-40-24-11-10-20-35(40)36-22-12-21-34(43(36)50)32-25-26-41-38(28-32)37-23-13-27-46-45(37)49(41)33-18-8-3-9-19-33/h1-29H. The van der Waals surface area contributed by atoms with Gasteiger partial charge >= 0.3 is 0 Å². The van der Waals surface area contributed by atoms with Crippen LogP contribution in [-0.2, 0) is 0 Å². The zero-order valence-electron chi connectivity index (χ0n) is 27.0. The highest BCUT2D eigenvalue weighted by molar-refractivity contribution is 6.15. The van der Waals surface area contributed by atoms with Gasteiger partial charge in [-0.05, 0) is 48.0 Å². The van der Waals surface area contributed by atoms with Crippen LogP contribution in [0.15, 0.2) is 176 Å². The van der Waals surface area contributed by atoms with E-state index in [-0.39, 0.29) is 0 Å². The van der Waals surface area contributed by atoms with Gasteiger partial charge in [0.15, 0.2) is 5.82 Å². The Hall–Kier alpha value is -6.85. The zero-order valence-corrected chi connectivity index (χ0v) is 27.0. The number of nitrogens with zero attached hydrogens (tertiary/aromatic N) is 5. The molecular formula is C45H29N5. The minimum atomic E-state index is 0.688. The van der Waals surface area contributed by atoms with E-state index in [1.54, 1.807) is 0 Å². The summed E-state index contributed by atoms with van der Waals surface area (Å²) in [6.45, 7) is 0. The second kappa shape index (κ2) is 11.4. The number of pyridine rings is 1. The van der Waals surface area contributed by atoms with Crippen molar-refractivity contribution in [2.45, 2.75) is 0 Å². The first-order valence-corrected chi connectivity index (χ1v) is 16.8. The van der Waals surface area contributed by atoms with Gasteiger partial charge in [0.25, 0.3) is 0 Å². The second-order valence-electron chi connectivity index (χ2n) is 12.5. The minimum absolute atomic E-state index is 0.688. The Morgan fingerprint density at radius 2 is 1.10 bits per heavy atom. The summed E-state index contributed by atoms with van der Waals surface area (Å²) < 4.78 is 4.57. The Kier molecular flexibility index (Phi) is 6.42. The molecule has 10 aromatic rings. The highest BCUT2D eigenvalue weighted by atomic mass is 15.1. The average Bonchev–Trinajstić information content (AvgIpc) is 3.71. The minimum Gasteiger partial charge on any atom is -0.294 e. The fourth-order valence-electron chi connectivity index (χ4n) is 7.36. The van der Waals surface area contributed by atoms with Gasteiger partial charge in [-0.2, -0.15) is 0 Å². The van der Waals surface area contributed by atoms with Gasteiger partial charge in [-0.1, -0.05) is 121 Å². The highest BCUT2D eigenvalue weighted by Crippen LogP contribution is 2.40. The van der Waals surface area contributed by atoms with E-state index in [9.17, 15) is 0 Å². The van der Waals surface area contributed by atoms with E-state index in [1.165, 1.54) is 10.8 Å². The van der Waals surface area contributed by atoms with Crippen LogP contribution >= 0.6 is 0 Å². The van der Waals surface area contributed by atoms with Crippen LogP contribution in [0.2, 0.25) is 0 Å². The molecule has 0 saturated carbocycles. The fraction of sp³-hybridized carbons (Fsp3) is 0. The molecule has 4 aromatic heterocycles. The first-order valence-electron chi connectivity index (χ1n) is 16.8. The van der Waals surface area contributed by atoms with E-state index < -0.39 is 0 Å². The van der Waals surface area contributed by atoms with Crippen molar-refractivity contribution in [2.75, 3.05) is 0 Å². The van der Waals surface area contributed by atoms with E-state index in [0.29, 0.717) is 5.82 Å². The first-order chi connectivity index (χ1) is 24.8. The van der Waals surface area contributed by atoms with E-state index >= 15 is 0 Å². The normalized spacial score (nSPS) is 11.6. The van der Waals surface area contributed by atoms with Crippen LogP contribution in [0.4, 0.5) is 0 Å². The first kappa shape index (κ1) is 28.2. The molecule has 6 aromatic carbocycles. The van der Waals surface area contributed by atoms with Gasteiger partial charge in [-0.15, -0.1) is 0 Å². The number of hydrogen-bond donors (Lipinski definition) is 0. The quantitative estimate of drug-likeness (QED) is 0.188. The number of para-hydroxylation sites is 3. The Balaban J connectivity index is 1.27. The molecule has 0 N–H and O–H groups in total. The van der Waals surface area contributed by atoms with E-state index in [1.807, 2.05) is 42.6 Å². The van der Waals surface area contributed by atoms with Crippen molar-refractivity contribution in [2.24, 2.45) is 0 Å². The Labute approximate surface area is 288 Å². The van der Waals surface area contributed by atoms with Gasteiger partial charge in [-0.3, -0.25) is 9.13 Å². The van der Waals surface area contributed by atoms with E-state index in [2.05, 4.69) is 143 Å². The Morgan fingerprint density at radius 1 is 0.420 bits per heavy atom. The molecule has 0 amide bonds. The number of rotatable bonds is 5. The van der Waals surface area contributed by atoms with Crippen molar-refractivity contribution in [1.82, 2.24) is 24.1 Å². The van der Waals surface area contributed by atoms with Crippen LogP contribution in [0.25, 0.3) is 89.0 Å². The molecule has 0 spiro atoms. The summed E-state index contributed by atoms with van der Waals surface area (Å²) >= 11 is 0. The van der Waals surface area contributed by atoms with Gasteiger partial charge in [0.05, 0.1) is 22.2 Å². The van der Waals surface area contributed by atoms with Crippen LogP contribution in [0.5, 0.6) is 0 Å². The fourth-order valence-corrected chi connectivity index (χ4v) is 7.36. The molecule has 5 nitrogen and oxygen atoms in total. The Morgan fingerprint density at radius 3 is 1.92 bits per heavy atom. The molecular weight excluding hydrogens is 611 g/mol. The summed E-state index contributed by atoms with van der Waals surface area (Å²) in [7, 11) is 0. The Bertz CT molecular complexity index is 2800. The van der Waals surface area contributed by atoms with Crippen molar-refractivity contribution < 1.29 is 0 Å². The average molecular weight is 640 g/mol. The van der Waals surface area contributed by atoms with Gasteiger partial charge < -0.3 is 0 Å². The lowest BCUT2D eigenvalue weighted by atomic mass is 10.00. The lowest BCUT2D eigenvalue weighted by molar-refractivity contribution is 1.05. The molecule has 0 atom stereocenters. The van der Waals surface area contributed by atoms with Gasteiger partial charge in [0, 0.05) is 56.2 Å². The number of benzene rings is 6. The van der Waals surface area contributed by atoms with E-state index in [0.717, 1.165) is 72.4 Å². The summed E-state index contributed by atoms with van der Waals surface area (Å²) in [5.41, 5.74) is 10.5. The number of hydrogen-bond acceptors (Lipinski definition) is 3. The second-order valence-corrected chi connectivity index (χ2v) is 12.5. The molecule has 5 heteroatoms. The molecule has 0 radical (unpaired) electrons. The molecule has 0 aliphatic rings. The maximum atomic E-state index is 5.27. The van der Waals surface area contributed by atoms with Crippen LogP contribution < -0.4 is 0 Å². The van der Waals surface area contributed by atoms with Crippen molar-refractivity contribution in [3.05, 3.63) is 176 Å². The third-order valence-electron chi connectivity index (χ3n) is 9.59. The third-order valence-corrected chi connectivity index (χ3v) is 9.59. The summed E-state index contributed by atoms with van der Waals surface area (Å²) in [4.78, 5) is 15.2.